The Morgan fingerprint density at radius 3 is 2.88 bits per heavy atom. The maximum Gasteiger partial charge on any atom is 0.271 e. The fourth-order valence-corrected chi connectivity index (χ4v) is 2.99. The minimum Gasteiger partial charge on any atom is -0.351 e. The van der Waals surface area contributed by atoms with E-state index in [0.29, 0.717) is 31.1 Å². The van der Waals surface area contributed by atoms with Gasteiger partial charge in [0.05, 0.1) is 6.04 Å². The summed E-state index contributed by atoms with van der Waals surface area (Å²) < 4.78 is 1.88. The highest BCUT2D eigenvalue weighted by Gasteiger charge is 2.17. The molecule has 24 heavy (non-hydrogen) atoms. The summed E-state index contributed by atoms with van der Waals surface area (Å²) in [5.74, 6) is -0.0314. The lowest BCUT2D eigenvalue weighted by Gasteiger charge is -2.22. The van der Waals surface area contributed by atoms with Crippen LogP contribution in [0.15, 0.2) is 12.3 Å². The summed E-state index contributed by atoms with van der Waals surface area (Å²) in [5.41, 5.74) is 0.440. The fourth-order valence-electron chi connectivity index (χ4n) is 2.99. The molecule has 0 radical (unpaired) electrons. The molecule has 1 unspecified atom stereocenters. The second-order valence-electron chi connectivity index (χ2n) is 6.11. The zero-order chi connectivity index (χ0) is 17.4. The molecule has 2 N–H and O–H groups in total. The van der Waals surface area contributed by atoms with Crippen molar-refractivity contribution in [2.45, 2.75) is 45.6 Å². The molecule has 1 aliphatic heterocycles. The monoisotopic (exact) mass is 335 g/mol. The van der Waals surface area contributed by atoms with Crippen molar-refractivity contribution in [3.8, 4) is 0 Å². The number of nitrogens with one attached hydrogen (secondary N) is 2. The van der Waals surface area contributed by atoms with E-state index in [9.17, 15) is 9.59 Å². The maximum absolute atomic E-state index is 12.1. The van der Waals surface area contributed by atoms with Gasteiger partial charge in [-0.05, 0) is 45.7 Å². The highest BCUT2D eigenvalue weighted by Crippen LogP contribution is 2.15. The van der Waals surface area contributed by atoms with Gasteiger partial charge in [0.15, 0.2) is 0 Å². The molecule has 7 nitrogen and oxygen atoms in total. The third-order valence-corrected chi connectivity index (χ3v) is 4.46. The summed E-state index contributed by atoms with van der Waals surface area (Å²) in [4.78, 5) is 25.8. The fraction of sp³-hybridized carbons (Fsp3) is 0.706. The molecule has 2 rings (SSSR count). The standard InChI is InChI=1S/C17H29N5O2/c1-3-21(4-2)16(23)8-6-11-19-17(24)15-9-12-22(20-15)14-7-5-10-18-13-14/h9,12,14,18H,3-8,10-11,13H2,1-2H3,(H,19,24). The quantitative estimate of drug-likeness (QED) is 0.699. The molecule has 2 heterocycles. The van der Waals surface area contributed by atoms with Crippen LogP contribution in [0.4, 0.5) is 0 Å². The predicted molar refractivity (Wildman–Crippen MR) is 92.9 cm³/mol. The molecule has 1 aromatic rings. The lowest BCUT2D eigenvalue weighted by molar-refractivity contribution is -0.130. The zero-order valence-corrected chi connectivity index (χ0v) is 14.8. The number of piperidine rings is 1. The van der Waals surface area contributed by atoms with E-state index in [4.69, 9.17) is 0 Å². The average Bonchev–Trinajstić information content (AvgIpc) is 3.10. The van der Waals surface area contributed by atoms with Gasteiger partial charge < -0.3 is 15.5 Å². The molecule has 7 heteroatoms. The van der Waals surface area contributed by atoms with Crippen LogP contribution < -0.4 is 10.6 Å². The van der Waals surface area contributed by atoms with Gasteiger partial charge in [-0.3, -0.25) is 14.3 Å². The maximum atomic E-state index is 12.1. The van der Waals surface area contributed by atoms with Crippen LogP contribution in [0.25, 0.3) is 0 Å². The van der Waals surface area contributed by atoms with Crippen LogP contribution in [0, 0.1) is 0 Å². The Bertz CT molecular complexity index is 533. The molecule has 134 valence electrons. The number of hydrogen-bond donors (Lipinski definition) is 2. The van der Waals surface area contributed by atoms with E-state index in [1.54, 1.807) is 6.07 Å². The van der Waals surface area contributed by atoms with Crippen LogP contribution in [-0.4, -0.2) is 59.2 Å². The van der Waals surface area contributed by atoms with Crippen LogP contribution >= 0.6 is 0 Å². The molecule has 2 amide bonds. The Balaban J connectivity index is 1.73. The molecule has 1 aromatic heterocycles. The third-order valence-electron chi connectivity index (χ3n) is 4.46. The Labute approximate surface area is 143 Å². The molecule has 0 bridgehead atoms. The topological polar surface area (TPSA) is 79.3 Å². The van der Waals surface area contributed by atoms with Gasteiger partial charge in [-0.2, -0.15) is 5.10 Å². The van der Waals surface area contributed by atoms with Crippen molar-refractivity contribution in [3.63, 3.8) is 0 Å². The minimum absolute atomic E-state index is 0.142. The number of aromatic nitrogens is 2. The van der Waals surface area contributed by atoms with Crippen LogP contribution in [0.1, 0.15) is 56.1 Å². The number of rotatable bonds is 8. The van der Waals surface area contributed by atoms with Gasteiger partial charge in [0.2, 0.25) is 5.91 Å². The van der Waals surface area contributed by atoms with Gasteiger partial charge in [0, 0.05) is 38.8 Å². The third kappa shape index (κ3) is 5.06. The Hall–Kier alpha value is -1.89. The van der Waals surface area contributed by atoms with E-state index >= 15 is 0 Å². The molecule has 1 aliphatic rings. The number of amides is 2. The van der Waals surface area contributed by atoms with Gasteiger partial charge in [-0.1, -0.05) is 0 Å². The largest absolute Gasteiger partial charge is 0.351 e. The number of hydrogen-bond acceptors (Lipinski definition) is 4. The highest BCUT2D eigenvalue weighted by atomic mass is 16.2. The Morgan fingerprint density at radius 1 is 1.42 bits per heavy atom. The van der Waals surface area contributed by atoms with Crippen molar-refractivity contribution in [2.24, 2.45) is 0 Å². The molecule has 1 atom stereocenters. The van der Waals surface area contributed by atoms with E-state index in [-0.39, 0.29) is 11.8 Å². The SMILES string of the molecule is CCN(CC)C(=O)CCCNC(=O)c1ccn(C2CCCNC2)n1. The van der Waals surface area contributed by atoms with Crippen LogP contribution in [0.5, 0.6) is 0 Å². The van der Waals surface area contributed by atoms with Crippen molar-refractivity contribution in [1.82, 2.24) is 25.3 Å². The molecule has 0 spiro atoms. The summed E-state index contributed by atoms with van der Waals surface area (Å²) in [6, 6.07) is 2.08. The first-order chi connectivity index (χ1) is 11.7. The normalized spacial score (nSPS) is 17.5. The molecular formula is C17H29N5O2. The zero-order valence-electron chi connectivity index (χ0n) is 14.8. The number of nitrogens with zero attached hydrogens (tertiary/aromatic N) is 3. The lowest BCUT2D eigenvalue weighted by atomic mass is 10.1. The van der Waals surface area contributed by atoms with E-state index in [1.807, 2.05) is 29.6 Å². The second kappa shape index (κ2) is 9.42. The number of carbonyl (C=O) groups is 2. The van der Waals surface area contributed by atoms with Crippen molar-refractivity contribution < 1.29 is 9.59 Å². The smallest absolute Gasteiger partial charge is 0.271 e. The first kappa shape index (κ1) is 18.4. The molecule has 0 saturated carbocycles. The first-order valence-electron chi connectivity index (χ1n) is 8.97. The molecule has 0 aromatic carbocycles. The van der Waals surface area contributed by atoms with Crippen LogP contribution in [0.3, 0.4) is 0 Å². The van der Waals surface area contributed by atoms with E-state index in [0.717, 1.165) is 39.0 Å². The van der Waals surface area contributed by atoms with Crippen molar-refractivity contribution in [3.05, 3.63) is 18.0 Å². The Kier molecular flexibility index (Phi) is 7.24. The molecule has 0 aliphatic carbocycles. The summed E-state index contributed by atoms with van der Waals surface area (Å²) in [6.07, 6.45) is 5.20. The number of carbonyl (C=O) groups excluding carboxylic acids is 2. The minimum atomic E-state index is -0.173. The lowest BCUT2D eigenvalue weighted by Crippen LogP contribution is -2.32. The van der Waals surface area contributed by atoms with Crippen molar-refractivity contribution >= 4 is 11.8 Å². The molecule has 1 fully saturated rings. The van der Waals surface area contributed by atoms with Gasteiger partial charge in [-0.25, -0.2) is 0 Å². The van der Waals surface area contributed by atoms with E-state index in [2.05, 4.69) is 15.7 Å². The average molecular weight is 335 g/mol. The molecular weight excluding hydrogens is 306 g/mol. The summed E-state index contributed by atoms with van der Waals surface area (Å²) in [7, 11) is 0. The van der Waals surface area contributed by atoms with E-state index in [1.165, 1.54) is 0 Å². The summed E-state index contributed by atoms with van der Waals surface area (Å²) in [5, 5.41) is 10.6. The van der Waals surface area contributed by atoms with Crippen LogP contribution in [0.2, 0.25) is 0 Å². The van der Waals surface area contributed by atoms with Gasteiger partial charge in [0.25, 0.3) is 5.91 Å². The van der Waals surface area contributed by atoms with Gasteiger partial charge in [0.1, 0.15) is 5.69 Å². The molecule has 1 saturated heterocycles. The summed E-state index contributed by atoms with van der Waals surface area (Å²) in [6.45, 7) is 7.85. The van der Waals surface area contributed by atoms with E-state index < -0.39 is 0 Å². The summed E-state index contributed by atoms with van der Waals surface area (Å²) >= 11 is 0. The van der Waals surface area contributed by atoms with Gasteiger partial charge in [-0.15, -0.1) is 0 Å². The van der Waals surface area contributed by atoms with Crippen molar-refractivity contribution in [2.75, 3.05) is 32.7 Å². The van der Waals surface area contributed by atoms with Crippen molar-refractivity contribution in [1.29, 1.82) is 0 Å². The second-order valence-corrected chi connectivity index (χ2v) is 6.11. The predicted octanol–water partition coefficient (Wildman–Crippen LogP) is 1.19. The van der Waals surface area contributed by atoms with Crippen LogP contribution in [-0.2, 0) is 4.79 Å². The highest BCUT2D eigenvalue weighted by molar-refractivity contribution is 5.92. The first-order valence-corrected chi connectivity index (χ1v) is 8.97. The Morgan fingerprint density at radius 2 is 2.21 bits per heavy atom. The van der Waals surface area contributed by atoms with Gasteiger partial charge >= 0.3 is 0 Å².